The number of benzene rings is 1. The molecule has 2 N–H and O–H groups in total. The van der Waals surface area contributed by atoms with Crippen LogP contribution in [-0.2, 0) is 0 Å². The number of nitrogens with two attached hydrogens (primary N) is 1. The van der Waals surface area contributed by atoms with Gasteiger partial charge in [-0.25, -0.2) is 0 Å². The van der Waals surface area contributed by atoms with Crippen molar-refractivity contribution >= 4 is 0 Å². The summed E-state index contributed by atoms with van der Waals surface area (Å²) in [6.07, 6.45) is 1.29. The van der Waals surface area contributed by atoms with E-state index in [9.17, 15) is 0 Å². The van der Waals surface area contributed by atoms with Crippen LogP contribution in [0.5, 0.6) is 0 Å². The Morgan fingerprint density at radius 2 is 2.14 bits per heavy atom. The van der Waals surface area contributed by atoms with Crippen molar-refractivity contribution in [3.05, 3.63) is 47.6 Å². The lowest BCUT2D eigenvalue weighted by Gasteiger charge is -2.09. The predicted molar refractivity (Wildman–Crippen MR) is 51.5 cm³/mol. The fourth-order valence-electron chi connectivity index (χ4n) is 1.39. The highest BCUT2D eigenvalue weighted by atomic mass is 16.5. The third-order valence-corrected chi connectivity index (χ3v) is 2.18. The second kappa shape index (κ2) is 3.59. The Hall–Kier alpha value is -1.68. The molecule has 0 aliphatic carbocycles. The van der Waals surface area contributed by atoms with Gasteiger partial charge < -0.3 is 10.3 Å². The highest BCUT2D eigenvalue weighted by Gasteiger charge is 2.14. The Bertz CT molecular complexity index is 411. The zero-order chi connectivity index (χ0) is 9.97. The average molecular weight is 189 g/mol. The molecular formula is C10H11N3O. The first-order valence-corrected chi connectivity index (χ1v) is 4.36. The van der Waals surface area contributed by atoms with E-state index < -0.39 is 0 Å². The summed E-state index contributed by atoms with van der Waals surface area (Å²) in [4.78, 5) is 3.93. The van der Waals surface area contributed by atoms with Crippen molar-refractivity contribution in [1.29, 1.82) is 0 Å². The van der Waals surface area contributed by atoms with E-state index in [-0.39, 0.29) is 6.04 Å². The maximum absolute atomic E-state index is 5.98. The Morgan fingerprint density at radius 1 is 1.36 bits per heavy atom. The van der Waals surface area contributed by atoms with Crippen LogP contribution in [0.2, 0.25) is 0 Å². The smallest absolute Gasteiger partial charge is 0.213 e. The molecule has 72 valence electrons. The van der Waals surface area contributed by atoms with Crippen LogP contribution in [0.25, 0.3) is 0 Å². The summed E-state index contributed by atoms with van der Waals surface area (Å²) in [6.45, 7) is 2.01. The normalized spacial score (nSPS) is 12.7. The molecule has 2 aromatic rings. The first kappa shape index (κ1) is 8.90. The van der Waals surface area contributed by atoms with E-state index in [2.05, 4.69) is 14.7 Å². The lowest BCUT2D eigenvalue weighted by Crippen LogP contribution is -2.14. The van der Waals surface area contributed by atoms with Crippen molar-refractivity contribution in [3.8, 4) is 0 Å². The number of hydrogen-bond acceptors (Lipinski definition) is 4. The Balaban J connectivity index is 2.37. The summed E-state index contributed by atoms with van der Waals surface area (Å²) in [7, 11) is 0. The number of aromatic nitrogens is 2. The molecular weight excluding hydrogens is 178 g/mol. The van der Waals surface area contributed by atoms with E-state index in [4.69, 9.17) is 5.73 Å². The third kappa shape index (κ3) is 1.52. The molecule has 0 radical (unpaired) electrons. The minimum absolute atomic E-state index is 0.310. The van der Waals surface area contributed by atoms with Gasteiger partial charge in [0.1, 0.15) is 0 Å². The average Bonchev–Trinajstić information content (AvgIpc) is 2.70. The maximum Gasteiger partial charge on any atom is 0.213 e. The topological polar surface area (TPSA) is 64.9 Å². The summed E-state index contributed by atoms with van der Waals surface area (Å²) in [5, 5.41) is 3.72. The molecule has 0 aliphatic heterocycles. The number of hydrogen-bond donors (Lipinski definition) is 1. The highest BCUT2D eigenvalue weighted by molar-refractivity contribution is 5.31. The molecule has 4 heteroatoms. The fourth-order valence-corrected chi connectivity index (χ4v) is 1.39. The number of aryl methyl sites for hydroxylation is 1. The van der Waals surface area contributed by atoms with Crippen molar-refractivity contribution in [3.63, 3.8) is 0 Å². The van der Waals surface area contributed by atoms with Crippen molar-refractivity contribution in [2.45, 2.75) is 13.0 Å². The molecule has 0 saturated carbocycles. The van der Waals surface area contributed by atoms with Crippen molar-refractivity contribution < 1.29 is 4.52 Å². The molecule has 1 heterocycles. The summed E-state index contributed by atoms with van der Waals surface area (Å²) in [5.74, 6) is 0.513. The SMILES string of the molecule is Cc1ccccc1C(N)c1ncon1. The second-order valence-electron chi connectivity index (χ2n) is 3.12. The van der Waals surface area contributed by atoms with Crippen LogP contribution in [0.15, 0.2) is 35.2 Å². The van der Waals surface area contributed by atoms with Crippen LogP contribution in [0.4, 0.5) is 0 Å². The summed E-state index contributed by atoms with van der Waals surface area (Å²) < 4.78 is 4.66. The largest absolute Gasteiger partial charge is 0.343 e. The summed E-state index contributed by atoms with van der Waals surface area (Å²) in [5.41, 5.74) is 8.13. The van der Waals surface area contributed by atoms with E-state index in [1.54, 1.807) is 0 Å². The number of rotatable bonds is 2. The van der Waals surface area contributed by atoms with Crippen LogP contribution in [0, 0.1) is 6.92 Å². The molecule has 0 saturated heterocycles. The van der Waals surface area contributed by atoms with E-state index in [1.807, 2.05) is 31.2 Å². The van der Waals surface area contributed by atoms with Crippen LogP contribution in [-0.4, -0.2) is 10.1 Å². The third-order valence-electron chi connectivity index (χ3n) is 2.18. The van der Waals surface area contributed by atoms with Gasteiger partial charge in [0.25, 0.3) is 0 Å². The molecule has 1 atom stereocenters. The molecule has 14 heavy (non-hydrogen) atoms. The molecule has 2 rings (SSSR count). The van der Waals surface area contributed by atoms with Gasteiger partial charge in [-0.15, -0.1) is 0 Å². The molecule has 0 aliphatic rings. The quantitative estimate of drug-likeness (QED) is 0.776. The second-order valence-corrected chi connectivity index (χ2v) is 3.12. The van der Waals surface area contributed by atoms with E-state index in [0.29, 0.717) is 5.82 Å². The van der Waals surface area contributed by atoms with Gasteiger partial charge in [0.05, 0.1) is 6.04 Å². The van der Waals surface area contributed by atoms with Crippen LogP contribution in [0.1, 0.15) is 23.0 Å². The lowest BCUT2D eigenvalue weighted by atomic mass is 10.0. The monoisotopic (exact) mass is 189 g/mol. The minimum atomic E-state index is -0.310. The van der Waals surface area contributed by atoms with Crippen LogP contribution < -0.4 is 5.73 Å². The molecule has 1 aromatic carbocycles. The van der Waals surface area contributed by atoms with Crippen LogP contribution >= 0.6 is 0 Å². The maximum atomic E-state index is 5.98. The Morgan fingerprint density at radius 3 is 2.79 bits per heavy atom. The van der Waals surface area contributed by atoms with E-state index in [0.717, 1.165) is 11.1 Å². The van der Waals surface area contributed by atoms with Crippen molar-refractivity contribution in [2.24, 2.45) is 5.73 Å². The molecule has 1 unspecified atom stereocenters. The minimum Gasteiger partial charge on any atom is -0.343 e. The zero-order valence-electron chi connectivity index (χ0n) is 7.84. The Labute approximate surface area is 81.7 Å². The van der Waals surface area contributed by atoms with Gasteiger partial charge >= 0.3 is 0 Å². The van der Waals surface area contributed by atoms with E-state index >= 15 is 0 Å². The van der Waals surface area contributed by atoms with Crippen molar-refractivity contribution in [1.82, 2.24) is 10.1 Å². The van der Waals surface area contributed by atoms with Gasteiger partial charge in [-0.2, -0.15) is 4.98 Å². The first-order valence-electron chi connectivity index (χ1n) is 4.36. The zero-order valence-corrected chi connectivity index (χ0v) is 7.84. The molecule has 1 aromatic heterocycles. The van der Waals surface area contributed by atoms with Crippen molar-refractivity contribution in [2.75, 3.05) is 0 Å². The predicted octanol–water partition coefficient (Wildman–Crippen LogP) is 1.43. The van der Waals surface area contributed by atoms with Gasteiger partial charge in [-0.3, -0.25) is 0 Å². The molecule has 0 fully saturated rings. The standard InChI is InChI=1S/C10H11N3O/c1-7-4-2-3-5-8(7)9(11)10-12-6-14-13-10/h2-6,9H,11H2,1H3. The van der Waals surface area contributed by atoms with Gasteiger partial charge in [0.15, 0.2) is 5.82 Å². The first-order chi connectivity index (χ1) is 6.79. The van der Waals surface area contributed by atoms with Gasteiger partial charge in [-0.1, -0.05) is 29.4 Å². The summed E-state index contributed by atoms with van der Waals surface area (Å²) >= 11 is 0. The highest BCUT2D eigenvalue weighted by Crippen LogP contribution is 2.19. The molecule has 4 nitrogen and oxygen atoms in total. The Kier molecular flexibility index (Phi) is 2.28. The fraction of sp³-hybridized carbons (Fsp3) is 0.200. The molecule has 0 bridgehead atoms. The van der Waals surface area contributed by atoms with E-state index in [1.165, 1.54) is 6.39 Å². The lowest BCUT2D eigenvalue weighted by molar-refractivity contribution is 0.407. The van der Waals surface area contributed by atoms with Gasteiger partial charge in [-0.05, 0) is 18.1 Å². The van der Waals surface area contributed by atoms with Crippen LogP contribution in [0.3, 0.4) is 0 Å². The van der Waals surface area contributed by atoms with Gasteiger partial charge in [0, 0.05) is 0 Å². The molecule has 0 spiro atoms. The number of nitrogens with zero attached hydrogens (tertiary/aromatic N) is 2. The van der Waals surface area contributed by atoms with Gasteiger partial charge in [0.2, 0.25) is 6.39 Å². The summed E-state index contributed by atoms with van der Waals surface area (Å²) in [6, 6.07) is 7.59. The molecule has 0 amide bonds.